The van der Waals surface area contributed by atoms with Gasteiger partial charge >= 0.3 is 0 Å². The SMILES string of the molecule is CCNC(=O)[C@@H](Cc1ccccc1)N(Cc1cccc(C)c1)C(=O)Cc1ccc(Cl)c(Cl)c1. The molecule has 3 aromatic carbocycles. The normalized spacial score (nSPS) is 11.6. The molecule has 0 aliphatic rings. The van der Waals surface area contributed by atoms with Gasteiger partial charge < -0.3 is 10.2 Å². The zero-order valence-electron chi connectivity index (χ0n) is 18.9. The summed E-state index contributed by atoms with van der Waals surface area (Å²) in [5.74, 6) is -0.321. The van der Waals surface area contributed by atoms with Crippen LogP contribution in [0, 0.1) is 6.92 Å². The average molecular weight is 483 g/mol. The van der Waals surface area contributed by atoms with E-state index in [4.69, 9.17) is 23.2 Å². The van der Waals surface area contributed by atoms with Crippen LogP contribution in [-0.4, -0.2) is 29.3 Å². The summed E-state index contributed by atoms with van der Waals surface area (Å²) in [7, 11) is 0. The molecule has 33 heavy (non-hydrogen) atoms. The number of carbonyl (C=O) groups excluding carboxylic acids is 2. The molecule has 0 fully saturated rings. The van der Waals surface area contributed by atoms with Crippen LogP contribution in [0.15, 0.2) is 72.8 Å². The Morgan fingerprint density at radius 3 is 2.27 bits per heavy atom. The third-order valence-corrected chi connectivity index (χ3v) is 6.14. The molecule has 0 unspecified atom stereocenters. The number of aryl methyl sites for hydroxylation is 1. The van der Waals surface area contributed by atoms with Crippen molar-refractivity contribution in [3.05, 3.63) is 105 Å². The standard InChI is InChI=1S/C27H28Cl2N2O2/c1-3-30-27(33)25(16-20-9-5-4-6-10-20)31(18-22-11-7-8-19(2)14-22)26(32)17-21-12-13-23(28)24(29)15-21/h4-15,25H,3,16-18H2,1-2H3,(H,30,33)/t25-/m1/s1. The van der Waals surface area contributed by atoms with E-state index in [1.54, 1.807) is 23.1 Å². The van der Waals surface area contributed by atoms with E-state index in [1.165, 1.54) is 0 Å². The Hall–Kier alpha value is -2.82. The number of nitrogens with zero attached hydrogens (tertiary/aromatic N) is 1. The van der Waals surface area contributed by atoms with Crippen LogP contribution >= 0.6 is 23.2 Å². The predicted molar refractivity (Wildman–Crippen MR) is 135 cm³/mol. The molecular weight excluding hydrogens is 455 g/mol. The molecule has 2 amide bonds. The molecule has 0 spiro atoms. The fourth-order valence-corrected chi connectivity index (χ4v) is 4.10. The minimum atomic E-state index is -0.650. The Balaban J connectivity index is 1.96. The molecule has 172 valence electrons. The van der Waals surface area contributed by atoms with Crippen molar-refractivity contribution >= 4 is 35.0 Å². The third-order valence-electron chi connectivity index (χ3n) is 5.40. The van der Waals surface area contributed by atoms with Crippen molar-refractivity contribution in [2.45, 2.75) is 39.3 Å². The lowest BCUT2D eigenvalue weighted by atomic mass is 10.0. The van der Waals surface area contributed by atoms with E-state index in [0.717, 1.165) is 22.3 Å². The highest BCUT2D eigenvalue weighted by atomic mass is 35.5. The summed E-state index contributed by atoms with van der Waals surface area (Å²) >= 11 is 12.2. The maximum atomic E-state index is 13.6. The minimum Gasteiger partial charge on any atom is -0.355 e. The van der Waals surface area contributed by atoms with Crippen LogP contribution in [0.3, 0.4) is 0 Å². The minimum absolute atomic E-state index is 0.118. The summed E-state index contributed by atoms with van der Waals surface area (Å²) < 4.78 is 0. The van der Waals surface area contributed by atoms with Gasteiger partial charge in [-0.25, -0.2) is 0 Å². The van der Waals surface area contributed by atoms with E-state index in [0.29, 0.717) is 29.6 Å². The van der Waals surface area contributed by atoms with Crippen molar-refractivity contribution in [2.75, 3.05) is 6.54 Å². The molecule has 0 aromatic heterocycles. The highest BCUT2D eigenvalue weighted by Crippen LogP contribution is 2.24. The van der Waals surface area contributed by atoms with Crippen LogP contribution in [0.2, 0.25) is 10.0 Å². The Labute approximate surface area is 205 Å². The van der Waals surface area contributed by atoms with Crippen LogP contribution in [-0.2, 0) is 29.0 Å². The zero-order valence-corrected chi connectivity index (χ0v) is 20.4. The summed E-state index contributed by atoms with van der Waals surface area (Å²) in [5.41, 5.74) is 3.81. The van der Waals surface area contributed by atoms with Crippen molar-refractivity contribution in [3.8, 4) is 0 Å². The Bertz CT molecular complexity index is 1100. The van der Waals surface area contributed by atoms with Crippen molar-refractivity contribution < 1.29 is 9.59 Å². The van der Waals surface area contributed by atoms with Gasteiger partial charge in [-0.3, -0.25) is 9.59 Å². The van der Waals surface area contributed by atoms with Gasteiger partial charge in [-0.2, -0.15) is 0 Å². The quantitative estimate of drug-likeness (QED) is 0.430. The first kappa shape index (κ1) is 24.8. The van der Waals surface area contributed by atoms with Crippen LogP contribution in [0.1, 0.15) is 29.2 Å². The number of likely N-dealkylation sites (N-methyl/N-ethyl adjacent to an activating group) is 1. The molecule has 0 radical (unpaired) electrons. The molecule has 0 heterocycles. The van der Waals surface area contributed by atoms with Gasteiger partial charge in [0, 0.05) is 19.5 Å². The topological polar surface area (TPSA) is 49.4 Å². The van der Waals surface area contributed by atoms with E-state index in [2.05, 4.69) is 5.32 Å². The van der Waals surface area contributed by atoms with E-state index < -0.39 is 6.04 Å². The molecule has 0 aliphatic heterocycles. The molecule has 0 saturated heterocycles. The Morgan fingerprint density at radius 2 is 1.61 bits per heavy atom. The first-order valence-electron chi connectivity index (χ1n) is 11.0. The van der Waals surface area contributed by atoms with Crippen LogP contribution < -0.4 is 5.32 Å². The molecule has 3 rings (SSSR count). The number of carbonyl (C=O) groups is 2. The maximum absolute atomic E-state index is 13.6. The number of hydrogen-bond acceptors (Lipinski definition) is 2. The van der Waals surface area contributed by atoms with Crippen molar-refractivity contribution in [3.63, 3.8) is 0 Å². The summed E-state index contributed by atoms with van der Waals surface area (Å²) in [6, 6.07) is 22.3. The van der Waals surface area contributed by atoms with E-state index in [1.807, 2.05) is 68.4 Å². The van der Waals surface area contributed by atoms with Gasteiger partial charge in [-0.15, -0.1) is 0 Å². The lowest BCUT2D eigenvalue weighted by Crippen LogP contribution is -2.50. The Kier molecular flexibility index (Phi) is 8.93. The number of amides is 2. The van der Waals surface area contributed by atoms with Crippen molar-refractivity contribution in [1.29, 1.82) is 0 Å². The smallest absolute Gasteiger partial charge is 0.243 e. The second kappa shape index (κ2) is 11.9. The second-order valence-electron chi connectivity index (χ2n) is 8.04. The lowest BCUT2D eigenvalue weighted by Gasteiger charge is -2.31. The first-order valence-corrected chi connectivity index (χ1v) is 11.7. The summed E-state index contributed by atoms with van der Waals surface area (Å²) in [4.78, 5) is 28.4. The van der Waals surface area contributed by atoms with Crippen LogP contribution in [0.4, 0.5) is 0 Å². The molecule has 4 nitrogen and oxygen atoms in total. The lowest BCUT2D eigenvalue weighted by molar-refractivity contribution is -0.140. The highest BCUT2D eigenvalue weighted by molar-refractivity contribution is 6.42. The number of halogens is 2. The molecule has 6 heteroatoms. The van der Waals surface area contributed by atoms with Gasteiger partial charge in [-0.1, -0.05) is 89.4 Å². The third kappa shape index (κ3) is 7.08. The number of hydrogen-bond donors (Lipinski definition) is 1. The molecule has 0 bridgehead atoms. The average Bonchev–Trinajstić information content (AvgIpc) is 2.79. The summed E-state index contributed by atoms with van der Waals surface area (Å²) in [6.45, 7) is 4.70. The molecule has 1 N–H and O–H groups in total. The van der Waals surface area contributed by atoms with Gasteiger partial charge in [0.1, 0.15) is 6.04 Å². The van der Waals surface area contributed by atoms with Gasteiger partial charge in [0.05, 0.1) is 16.5 Å². The van der Waals surface area contributed by atoms with Crippen LogP contribution in [0.25, 0.3) is 0 Å². The van der Waals surface area contributed by atoms with E-state index in [9.17, 15) is 9.59 Å². The largest absolute Gasteiger partial charge is 0.355 e. The Morgan fingerprint density at radius 1 is 0.879 bits per heavy atom. The fraction of sp³-hybridized carbons (Fsp3) is 0.259. The van der Waals surface area contributed by atoms with Crippen molar-refractivity contribution in [2.24, 2.45) is 0 Å². The number of nitrogens with one attached hydrogen (secondary N) is 1. The predicted octanol–water partition coefficient (Wildman–Crippen LogP) is 5.62. The first-order chi connectivity index (χ1) is 15.9. The monoisotopic (exact) mass is 482 g/mol. The fourth-order valence-electron chi connectivity index (χ4n) is 3.78. The molecule has 1 atom stereocenters. The van der Waals surface area contributed by atoms with Gasteiger partial charge in [0.25, 0.3) is 0 Å². The molecular formula is C27H28Cl2N2O2. The summed E-state index contributed by atoms with van der Waals surface area (Å²) in [6.07, 6.45) is 0.541. The number of rotatable bonds is 9. The zero-order chi connectivity index (χ0) is 23.8. The van der Waals surface area contributed by atoms with Gasteiger partial charge in [0.15, 0.2) is 0 Å². The van der Waals surface area contributed by atoms with Crippen LogP contribution in [0.5, 0.6) is 0 Å². The van der Waals surface area contributed by atoms with Gasteiger partial charge in [0.2, 0.25) is 11.8 Å². The van der Waals surface area contributed by atoms with E-state index in [-0.39, 0.29) is 18.2 Å². The number of benzene rings is 3. The van der Waals surface area contributed by atoms with Crippen molar-refractivity contribution in [1.82, 2.24) is 10.2 Å². The maximum Gasteiger partial charge on any atom is 0.243 e. The van der Waals surface area contributed by atoms with E-state index >= 15 is 0 Å². The molecule has 3 aromatic rings. The summed E-state index contributed by atoms with van der Waals surface area (Å²) in [5, 5.41) is 3.75. The molecule has 0 saturated carbocycles. The second-order valence-corrected chi connectivity index (χ2v) is 8.85. The van der Waals surface area contributed by atoms with Gasteiger partial charge in [-0.05, 0) is 42.7 Å². The highest BCUT2D eigenvalue weighted by Gasteiger charge is 2.30. The molecule has 0 aliphatic carbocycles.